The molecule has 1 unspecified atom stereocenters. The second-order valence-electron chi connectivity index (χ2n) is 6.77. The van der Waals surface area contributed by atoms with Crippen LogP contribution in [0.5, 0.6) is 5.75 Å². The first kappa shape index (κ1) is 20.3. The molecule has 1 aliphatic heterocycles. The van der Waals surface area contributed by atoms with Crippen LogP contribution in [0.1, 0.15) is 28.9 Å². The third-order valence-electron chi connectivity index (χ3n) is 4.81. The summed E-state index contributed by atoms with van der Waals surface area (Å²) in [5, 5.41) is 12.8. The fraction of sp³-hybridized carbons (Fsp3) is 0.0952. The van der Waals surface area contributed by atoms with Gasteiger partial charge in [-0.2, -0.15) is 0 Å². The van der Waals surface area contributed by atoms with Crippen molar-refractivity contribution >= 4 is 34.2 Å². The van der Waals surface area contributed by atoms with E-state index in [9.17, 15) is 22.9 Å². The number of nitrogens with one attached hydrogen (secondary N) is 2. The number of aromatic hydroxyl groups is 1. The van der Waals surface area contributed by atoms with Crippen LogP contribution in [0.25, 0.3) is 11.1 Å². The largest absolute Gasteiger partial charge is 0.505 e. The Labute approximate surface area is 178 Å². The first-order chi connectivity index (χ1) is 14.3. The van der Waals surface area contributed by atoms with Crippen LogP contribution >= 0.6 is 11.6 Å². The predicted molar refractivity (Wildman–Crippen MR) is 111 cm³/mol. The van der Waals surface area contributed by atoms with Gasteiger partial charge in [0.15, 0.2) is 16.7 Å². The third kappa shape index (κ3) is 3.53. The van der Waals surface area contributed by atoms with Crippen LogP contribution in [0, 0.1) is 11.6 Å². The minimum absolute atomic E-state index is 0.0601. The molecule has 0 spiro atoms. The number of amides is 1. The molecule has 0 aromatic heterocycles. The van der Waals surface area contributed by atoms with Crippen molar-refractivity contribution in [3.8, 4) is 16.9 Å². The number of fused-ring (bicyclic) bond motifs is 6. The number of hydrogen-bond acceptors (Lipinski definition) is 3. The summed E-state index contributed by atoms with van der Waals surface area (Å²) in [7, 11) is -2.19. The van der Waals surface area contributed by atoms with Crippen LogP contribution in [0.2, 0.25) is 5.02 Å². The van der Waals surface area contributed by atoms with Crippen molar-refractivity contribution in [1.82, 2.24) is 5.32 Å². The van der Waals surface area contributed by atoms with Gasteiger partial charge in [-0.25, -0.2) is 13.0 Å². The van der Waals surface area contributed by atoms with Crippen molar-refractivity contribution < 1.29 is 22.9 Å². The zero-order chi connectivity index (χ0) is 21.6. The van der Waals surface area contributed by atoms with Gasteiger partial charge in [0.25, 0.3) is 5.91 Å². The van der Waals surface area contributed by atoms with E-state index in [0.29, 0.717) is 17.2 Å². The SMILES string of the molecule is C[C@@H]1NC(=O)c2cc(Cl)c(O)c(c2)S(=O)Nc2cc(c(F)cc2F)-c2ccccc21. The van der Waals surface area contributed by atoms with Crippen molar-refractivity contribution in [1.29, 1.82) is 0 Å². The molecule has 3 aromatic rings. The molecule has 4 bridgehead atoms. The molecule has 2 atom stereocenters. The molecule has 0 aliphatic carbocycles. The Kier molecular flexibility index (Phi) is 5.21. The first-order valence-corrected chi connectivity index (χ1v) is 10.4. The van der Waals surface area contributed by atoms with Crippen molar-refractivity contribution in [2.24, 2.45) is 0 Å². The molecule has 0 saturated carbocycles. The number of carbonyl (C=O) groups excluding carboxylic acids is 1. The van der Waals surface area contributed by atoms with E-state index in [4.69, 9.17) is 11.6 Å². The Morgan fingerprint density at radius 3 is 2.57 bits per heavy atom. The van der Waals surface area contributed by atoms with Gasteiger partial charge < -0.3 is 10.4 Å². The van der Waals surface area contributed by atoms with Crippen LogP contribution in [-0.4, -0.2) is 15.2 Å². The summed E-state index contributed by atoms with van der Waals surface area (Å²) >= 11 is 6.01. The molecule has 1 heterocycles. The van der Waals surface area contributed by atoms with Crippen LogP contribution in [0.3, 0.4) is 0 Å². The summed E-state index contributed by atoms with van der Waals surface area (Å²) in [6.07, 6.45) is 0. The quantitative estimate of drug-likeness (QED) is 0.456. The fourth-order valence-electron chi connectivity index (χ4n) is 3.31. The van der Waals surface area contributed by atoms with E-state index in [-0.39, 0.29) is 26.7 Å². The van der Waals surface area contributed by atoms with E-state index >= 15 is 0 Å². The van der Waals surface area contributed by atoms with Crippen LogP contribution in [0.4, 0.5) is 14.5 Å². The van der Waals surface area contributed by atoms with Gasteiger partial charge >= 0.3 is 0 Å². The average molecular weight is 449 g/mol. The lowest BCUT2D eigenvalue weighted by atomic mass is 9.94. The average Bonchev–Trinajstić information content (AvgIpc) is 2.71. The van der Waals surface area contributed by atoms with Crippen molar-refractivity contribution in [3.05, 3.63) is 76.3 Å². The zero-order valence-corrected chi connectivity index (χ0v) is 17.1. The standard InChI is InChI=1S/C21H15ClF2N2O3S/c1-10-12-4-2-3-5-13(12)14-8-18(17(24)9-16(14)23)26-30(29)19-7-11(21(28)25-10)6-15(22)20(19)27/h2-10,26-27H,1H3,(H,25,28)/t10-,30?/m0/s1. The van der Waals surface area contributed by atoms with Gasteiger partial charge in [0, 0.05) is 17.2 Å². The minimum Gasteiger partial charge on any atom is -0.505 e. The molecule has 9 heteroatoms. The molecule has 3 aromatic carbocycles. The Morgan fingerprint density at radius 1 is 1.07 bits per heavy atom. The molecule has 4 rings (SSSR count). The van der Waals surface area contributed by atoms with Crippen molar-refractivity contribution in [2.45, 2.75) is 17.9 Å². The number of hydrogen-bond donors (Lipinski definition) is 3. The molecule has 154 valence electrons. The summed E-state index contributed by atoms with van der Waals surface area (Å²) in [6, 6.07) is 10.6. The minimum atomic E-state index is -2.19. The second-order valence-corrected chi connectivity index (χ2v) is 8.36. The zero-order valence-electron chi connectivity index (χ0n) is 15.5. The highest BCUT2D eigenvalue weighted by atomic mass is 35.5. The van der Waals surface area contributed by atoms with Gasteiger partial charge in [-0.1, -0.05) is 35.9 Å². The molecule has 0 saturated heterocycles. The van der Waals surface area contributed by atoms with Gasteiger partial charge in [-0.3, -0.25) is 9.52 Å². The summed E-state index contributed by atoms with van der Waals surface area (Å²) < 4.78 is 44.3. The lowest BCUT2D eigenvalue weighted by Crippen LogP contribution is -2.27. The highest BCUT2D eigenvalue weighted by molar-refractivity contribution is 7.86. The highest BCUT2D eigenvalue weighted by Gasteiger charge is 2.23. The Bertz CT molecular complexity index is 1220. The number of anilines is 1. The fourth-order valence-corrected chi connectivity index (χ4v) is 4.57. The molecule has 5 nitrogen and oxygen atoms in total. The molecule has 30 heavy (non-hydrogen) atoms. The van der Waals surface area contributed by atoms with Gasteiger partial charge in [0.1, 0.15) is 16.5 Å². The molecule has 1 amide bonds. The summed E-state index contributed by atoms with van der Waals surface area (Å²) in [5.74, 6) is -2.81. The monoisotopic (exact) mass is 448 g/mol. The van der Waals surface area contributed by atoms with Gasteiger partial charge in [0.2, 0.25) is 0 Å². The van der Waals surface area contributed by atoms with E-state index in [1.54, 1.807) is 31.2 Å². The lowest BCUT2D eigenvalue weighted by Gasteiger charge is -2.19. The van der Waals surface area contributed by atoms with Crippen LogP contribution in [0.15, 0.2) is 53.4 Å². The smallest absolute Gasteiger partial charge is 0.251 e. The predicted octanol–water partition coefficient (Wildman–Crippen LogP) is 4.93. The van der Waals surface area contributed by atoms with Crippen molar-refractivity contribution in [2.75, 3.05) is 4.72 Å². The third-order valence-corrected chi connectivity index (χ3v) is 6.22. The summed E-state index contributed by atoms with van der Waals surface area (Å²) in [4.78, 5) is 12.6. The molecule has 0 fully saturated rings. The van der Waals surface area contributed by atoms with E-state index in [0.717, 1.165) is 0 Å². The van der Waals surface area contributed by atoms with E-state index in [1.807, 2.05) is 0 Å². The Morgan fingerprint density at radius 2 is 1.80 bits per heavy atom. The van der Waals surface area contributed by atoms with Crippen LogP contribution < -0.4 is 10.0 Å². The number of carbonyl (C=O) groups is 1. The Hall–Kier alpha value is -2.97. The lowest BCUT2D eigenvalue weighted by molar-refractivity contribution is 0.0939. The maximum absolute atomic E-state index is 14.7. The number of phenolic OH excluding ortho intramolecular Hbond substituents is 1. The molecule has 0 radical (unpaired) electrons. The summed E-state index contributed by atoms with van der Waals surface area (Å²) in [6.45, 7) is 1.72. The maximum Gasteiger partial charge on any atom is 0.251 e. The molecule has 1 aliphatic rings. The Balaban J connectivity index is 1.99. The maximum atomic E-state index is 14.7. The van der Waals surface area contributed by atoms with Crippen molar-refractivity contribution in [3.63, 3.8) is 0 Å². The number of phenols is 1. The molecular weight excluding hydrogens is 434 g/mol. The van der Waals surface area contributed by atoms with Crippen LogP contribution in [-0.2, 0) is 11.0 Å². The normalized spacial score (nSPS) is 18.2. The second kappa shape index (κ2) is 7.70. The van der Waals surface area contributed by atoms with Gasteiger partial charge in [0.05, 0.1) is 16.8 Å². The van der Waals surface area contributed by atoms with E-state index < -0.39 is 40.3 Å². The first-order valence-electron chi connectivity index (χ1n) is 8.86. The van der Waals surface area contributed by atoms with Gasteiger partial charge in [-0.15, -0.1) is 0 Å². The number of rotatable bonds is 0. The van der Waals surface area contributed by atoms with Gasteiger partial charge in [-0.05, 0) is 36.2 Å². The molecular formula is C21H15ClF2N2O3S. The van der Waals surface area contributed by atoms with E-state index in [1.165, 1.54) is 18.2 Å². The highest BCUT2D eigenvalue weighted by Crippen LogP contribution is 2.36. The topological polar surface area (TPSA) is 78.4 Å². The number of halogens is 3. The number of benzene rings is 3. The summed E-state index contributed by atoms with van der Waals surface area (Å²) in [5.41, 5.74) is 0.952. The molecule has 3 N–H and O–H groups in total. The van der Waals surface area contributed by atoms with E-state index in [2.05, 4.69) is 10.0 Å².